The van der Waals surface area contributed by atoms with E-state index < -0.39 is 0 Å². The van der Waals surface area contributed by atoms with Gasteiger partial charge in [0.25, 0.3) is 0 Å². The minimum absolute atomic E-state index is 0.215. The molecule has 0 aliphatic rings. The average molecular weight is 244 g/mol. The van der Waals surface area contributed by atoms with Gasteiger partial charge in [-0.1, -0.05) is 32.9 Å². The molecule has 3 nitrogen and oxygen atoms in total. The number of nitrogens with zero attached hydrogens (tertiary/aromatic N) is 2. The molecule has 0 N–H and O–H groups in total. The van der Waals surface area contributed by atoms with Crippen LogP contribution in [0.5, 0.6) is 0 Å². The quantitative estimate of drug-likeness (QED) is 0.825. The molecule has 1 aromatic heterocycles. The third-order valence-electron chi connectivity index (χ3n) is 3.03. The van der Waals surface area contributed by atoms with E-state index in [1.54, 1.807) is 6.33 Å². The molecule has 96 valence electrons. The van der Waals surface area contributed by atoms with E-state index in [0.717, 1.165) is 17.5 Å². The van der Waals surface area contributed by atoms with Gasteiger partial charge >= 0.3 is 0 Å². The molecule has 0 amide bonds. The van der Waals surface area contributed by atoms with Gasteiger partial charge in [0.05, 0.1) is 23.9 Å². The Kier molecular flexibility index (Phi) is 3.50. The summed E-state index contributed by atoms with van der Waals surface area (Å²) < 4.78 is 1.93. The summed E-state index contributed by atoms with van der Waals surface area (Å²) in [4.78, 5) is 16.2. The lowest BCUT2D eigenvalue weighted by atomic mass is 9.89. The van der Waals surface area contributed by atoms with Crippen molar-refractivity contribution in [2.45, 2.75) is 40.2 Å². The molecule has 18 heavy (non-hydrogen) atoms. The van der Waals surface area contributed by atoms with Crippen LogP contribution in [0.15, 0.2) is 30.6 Å². The zero-order chi connectivity index (χ0) is 13.2. The first-order chi connectivity index (χ1) is 8.46. The summed E-state index contributed by atoms with van der Waals surface area (Å²) in [5, 5.41) is 0. The van der Waals surface area contributed by atoms with Crippen molar-refractivity contribution in [3.8, 4) is 0 Å². The number of Topliss-reactive ketones (excluding diaryl/α,β-unsaturated/α-hetero) is 1. The Balaban J connectivity index is 2.03. The zero-order valence-electron chi connectivity index (χ0n) is 11.3. The van der Waals surface area contributed by atoms with Crippen LogP contribution in [-0.2, 0) is 11.3 Å². The van der Waals surface area contributed by atoms with Crippen LogP contribution in [0.4, 0.5) is 0 Å². The van der Waals surface area contributed by atoms with Crippen molar-refractivity contribution in [1.82, 2.24) is 9.55 Å². The highest BCUT2D eigenvalue weighted by Gasteiger charge is 2.13. The number of para-hydroxylation sites is 2. The summed E-state index contributed by atoms with van der Waals surface area (Å²) in [6, 6.07) is 7.89. The number of hydrogen-bond donors (Lipinski definition) is 0. The number of rotatable bonds is 4. The SMILES string of the molecule is CC(C)(C)CCC(=O)Cn1cnc2ccccc21. The molecule has 0 unspecified atom stereocenters. The largest absolute Gasteiger partial charge is 0.323 e. The molecule has 3 heteroatoms. The Morgan fingerprint density at radius 1 is 1.28 bits per heavy atom. The highest BCUT2D eigenvalue weighted by Crippen LogP contribution is 2.21. The van der Waals surface area contributed by atoms with Crippen molar-refractivity contribution in [3.63, 3.8) is 0 Å². The first kappa shape index (κ1) is 12.8. The van der Waals surface area contributed by atoms with Crippen LogP contribution in [0.3, 0.4) is 0 Å². The fraction of sp³-hybridized carbons (Fsp3) is 0.467. The maximum atomic E-state index is 12.0. The number of ketones is 1. The van der Waals surface area contributed by atoms with Crippen molar-refractivity contribution in [2.24, 2.45) is 5.41 Å². The van der Waals surface area contributed by atoms with E-state index in [-0.39, 0.29) is 11.2 Å². The zero-order valence-corrected chi connectivity index (χ0v) is 11.3. The van der Waals surface area contributed by atoms with Crippen molar-refractivity contribution in [1.29, 1.82) is 0 Å². The number of carbonyl (C=O) groups is 1. The van der Waals surface area contributed by atoms with E-state index in [1.807, 2.05) is 28.8 Å². The molecule has 0 saturated carbocycles. The normalized spacial score (nSPS) is 11.9. The molecule has 0 atom stereocenters. The maximum absolute atomic E-state index is 12.0. The van der Waals surface area contributed by atoms with Gasteiger partial charge in [0.2, 0.25) is 0 Å². The topological polar surface area (TPSA) is 34.9 Å². The molecule has 0 saturated heterocycles. The molecular weight excluding hydrogens is 224 g/mol. The van der Waals surface area contributed by atoms with Gasteiger partial charge in [-0.25, -0.2) is 4.98 Å². The van der Waals surface area contributed by atoms with Gasteiger partial charge < -0.3 is 4.57 Å². The minimum atomic E-state index is 0.215. The molecule has 1 aromatic carbocycles. The number of fused-ring (bicyclic) bond motifs is 1. The Labute approximate surface area is 108 Å². The van der Waals surface area contributed by atoms with Crippen LogP contribution >= 0.6 is 0 Å². The summed E-state index contributed by atoms with van der Waals surface area (Å²) in [5.41, 5.74) is 2.19. The number of hydrogen-bond acceptors (Lipinski definition) is 2. The standard InChI is InChI=1S/C15H20N2O/c1-15(2,3)9-8-12(18)10-17-11-16-13-6-4-5-7-14(13)17/h4-7,11H,8-10H2,1-3H3. The van der Waals surface area contributed by atoms with Crippen LogP contribution in [0.25, 0.3) is 11.0 Å². The number of imidazole rings is 1. The lowest BCUT2D eigenvalue weighted by molar-refractivity contribution is -0.120. The van der Waals surface area contributed by atoms with Crippen LogP contribution in [0.1, 0.15) is 33.6 Å². The van der Waals surface area contributed by atoms with E-state index in [4.69, 9.17) is 0 Å². The predicted octanol–water partition coefficient (Wildman–Crippen LogP) is 3.43. The van der Waals surface area contributed by atoms with Crippen LogP contribution in [-0.4, -0.2) is 15.3 Å². The molecule has 0 radical (unpaired) electrons. The monoisotopic (exact) mass is 244 g/mol. The second kappa shape index (κ2) is 4.92. The number of aromatic nitrogens is 2. The molecular formula is C15H20N2O. The average Bonchev–Trinajstić information content (AvgIpc) is 2.70. The van der Waals surface area contributed by atoms with Crippen molar-refractivity contribution in [3.05, 3.63) is 30.6 Å². The fourth-order valence-corrected chi connectivity index (χ4v) is 1.92. The summed E-state index contributed by atoms with van der Waals surface area (Å²) in [5.74, 6) is 0.271. The molecule has 0 spiro atoms. The Morgan fingerprint density at radius 3 is 2.72 bits per heavy atom. The van der Waals surface area contributed by atoms with Crippen molar-refractivity contribution < 1.29 is 4.79 Å². The second-order valence-corrected chi connectivity index (χ2v) is 5.96. The first-order valence-electron chi connectivity index (χ1n) is 6.37. The third kappa shape index (κ3) is 3.19. The van der Waals surface area contributed by atoms with E-state index in [0.29, 0.717) is 13.0 Å². The highest BCUT2D eigenvalue weighted by molar-refractivity contribution is 5.81. The summed E-state index contributed by atoms with van der Waals surface area (Å²) in [6.07, 6.45) is 3.31. The van der Waals surface area contributed by atoms with E-state index in [1.165, 1.54) is 0 Å². The lowest BCUT2D eigenvalue weighted by Crippen LogP contribution is -2.13. The molecule has 1 heterocycles. The smallest absolute Gasteiger partial charge is 0.152 e. The van der Waals surface area contributed by atoms with E-state index >= 15 is 0 Å². The second-order valence-electron chi connectivity index (χ2n) is 5.96. The highest BCUT2D eigenvalue weighted by atomic mass is 16.1. The number of benzene rings is 1. The predicted molar refractivity (Wildman–Crippen MR) is 73.4 cm³/mol. The fourth-order valence-electron chi connectivity index (χ4n) is 1.92. The third-order valence-corrected chi connectivity index (χ3v) is 3.03. The van der Waals surface area contributed by atoms with E-state index in [2.05, 4.69) is 25.8 Å². The molecule has 0 aliphatic heterocycles. The summed E-state index contributed by atoms with van der Waals surface area (Å²) >= 11 is 0. The van der Waals surface area contributed by atoms with Crippen LogP contribution in [0, 0.1) is 5.41 Å². The Bertz CT molecular complexity index is 549. The van der Waals surface area contributed by atoms with Crippen molar-refractivity contribution in [2.75, 3.05) is 0 Å². The van der Waals surface area contributed by atoms with Crippen LogP contribution < -0.4 is 0 Å². The van der Waals surface area contributed by atoms with E-state index in [9.17, 15) is 4.79 Å². The van der Waals surface area contributed by atoms with Crippen molar-refractivity contribution >= 4 is 16.8 Å². The number of carbonyl (C=O) groups excluding carboxylic acids is 1. The van der Waals surface area contributed by atoms with Gasteiger partial charge in [-0.2, -0.15) is 0 Å². The molecule has 0 fully saturated rings. The Morgan fingerprint density at radius 2 is 2.00 bits per heavy atom. The maximum Gasteiger partial charge on any atom is 0.152 e. The van der Waals surface area contributed by atoms with Gasteiger partial charge in [-0.3, -0.25) is 4.79 Å². The molecule has 2 rings (SSSR count). The van der Waals surface area contributed by atoms with Gasteiger partial charge in [-0.05, 0) is 24.0 Å². The summed E-state index contributed by atoms with van der Waals surface area (Å²) in [6.45, 7) is 6.91. The molecule has 0 bridgehead atoms. The molecule has 0 aliphatic carbocycles. The molecule has 2 aromatic rings. The van der Waals surface area contributed by atoms with Gasteiger partial charge in [0.15, 0.2) is 5.78 Å². The Hall–Kier alpha value is -1.64. The van der Waals surface area contributed by atoms with Gasteiger partial charge in [-0.15, -0.1) is 0 Å². The first-order valence-corrected chi connectivity index (χ1v) is 6.37. The van der Waals surface area contributed by atoms with Crippen LogP contribution in [0.2, 0.25) is 0 Å². The minimum Gasteiger partial charge on any atom is -0.323 e. The van der Waals surface area contributed by atoms with Gasteiger partial charge in [0, 0.05) is 6.42 Å². The summed E-state index contributed by atoms with van der Waals surface area (Å²) in [7, 11) is 0. The lowest BCUT2D eigenvalue weighted by Gasteiger charge is -2.17. The van der Waals surface area contributed by atoms with Gasteiger partial charge in [0.1, 0.15) is 0 Å².